The number of benzene rings is 2. The van der Waals surface area contributed by atoms with E-state index in [4.69, 9.17) is 16.3 Å². The summed E-state index contributed by atoms with van der Waals surface area (Å²) in [5, 5.41) is 4.35. The molecule has 0 radical (unpaired) electrons. The van der Waals surface area contributed by atoms with Crippen molar-refractivity contribution in [3.63, 3.8) is 0 Å². The minimum absolute atomic E-state index is 0.0742. The van der Waals surface area contributed by atoms with E-state index in [-0.39, 0.29) is 5.91 Å². The third kappa shape index (κ3) is 7.19. The first-order chi connectivity index (χ1) is 16.2. The van der Waals surface area contributed by atoms with Gasteiger partial charge in [-0.05, 0) is 74.5 Å². The second-order valence-corrected chi connectivity index (χ2v) is 9.36. The third-order valence-electron chi connectivity index (χ3n) is 5.40. The number of nitrogens with one attached hydrogen (secondary N) is 1. The third-order valence-corrected chi connectivity index (χ3v) is 6.64. The summed E-state index contributed by atoms with van der Waals surface area (Å²) in [4.78, 5) is 24.6. The molecule has 0 spiro atoms. The monoisotopic (exact) mass is 482 g/mol. The molecule has 1 aliphatic rings. The number of aromatic nitrogens is 2. The Hall–Kier alpha value is -2.61. The van der Waals surface area contributed by atoms with E-state index in [1.165, 1.54) is 37.4 Å². The molecule has 2 heterocycles. The van der Waals surface area contributed by atoms with Crippen LogP contribution >= 0.6 is 23.4 Å². The largest absolute Gasteiger partial charge is 0.437 e. The van der Waals surface area contributed by atoms with Crippen molar-refractivity contribution < 1.29 is 9.53 Å². The molecule has 3 aromatic rings. The molecule has 0 saturated carbocycles. The molecule has 172 valence electrons. The number of halogens is 1. The zero-order valence-corrected chi connectivity index (χ0v) is 19.9. The molecule has 33 heavy (non-hydrogen) atoms. The summed E-state index contributed by atoms with van der Waals surface area (Å²) in [6, 6.07) is 14.6. The van der Waals surface area contributed by atoms with Crippen LogP contribution in [0.25, 0.3) is 0 Å². The molecular formula is C25H27ClN4O2S. The summed E-state index contributed by atoms with van der Waals surface area (Å²) in [6.45, 7) is 3.81. The van der Waals surface area contributed by atoms with Crippen LogP contribution in [0.1, 0.15) is 36.0 Å². The van der Waals surface area contributed by atoms with E-state index in [9.17, 15) is 4.79 Å². The van der Waals surface area contributed by atoms with Gasteiger partial charge in [0.2, 0.25) is 0 Å². The van der Waals surface area contributed by atoms with Crippen molar-refractivity contribution in [2.75, 3.05) is 26.2 Å². The molecular weight excluding hydrogens is 456 g/mol. The minimum atomic E-state index is -0.0742. The fraction of sp³-hybridized carbons (Fsp3) is 0.320. The quantitative estimate of drug-likeness (QED) is 0.445. The summed E-state index contributed by atoms with van der Waals surface area (Å²) in [5.74, 6) is 0.927. The lowest BCUT2D eigenvalue weighted by Crippen LogP contribution is -2.35. The molecule has 0 aliphatic carbocycles. The molecule has 0 bridgehead atoms. The van der Waals surface area contributed by atoms with Gasteiger partial charge in [0.25, 0.3) is 11.8 Å². The van der Waals surface area contributed by atoms with Crippen molar-refractivity contribution in [2.45, 2.75) is 35.6 Å². The molecule has 2 aromatic carbocycles. The van der Waals surface area contributed by atoms with E-state index < -0.39 is 0 Å². The van der Waals surface area contributed by atoms with Crippen LogP contribution in [0.2, 0.25) is 5.02 Å². The van der Waals surface area contributed by atoms with Gasteiger partial charge >= 0.3 is 0 Å². The zero-order valence-electron chi connectivity index (χ0n) is 18.4. The van der Waals surface area contributed by atoms with E-state index in [1.807, 2.05) is 24.3 Å². The van der Waals surface area contributed by atoms with Gasteiger partial charge in [0.15, 0.2) is 5.03 Å². The zero-order chi connectivity index (χ0) is 22.9. The molecule has 1 amide bonds. The maximum atomic E-state index is 12.5. The molecule has 8 heteroatoms. The number of carbonyl (C=O) groups is 1. The second-order valence-electron chi connectivity index (χ2n) is 7.86. The summed E-state index contributed by atoms with van der Waals surface area (Å²) >= 11 is 7.41. The summed E-state index contributed by atoms with van der Waals surface area (Å²) in [5.41, 5.74) is 0.605. The van der Waals surface area contributed by atoms with Crippen molar-refractivity contribution in [3.05, 3.63) is 71.5 Å². The van der Waals surface area contributed by atoms with Crippen LogP contribution in [0.4, 0.5) is 0 Å². The number of hydrogen-bond acceptors (Lipinski definition) is 6. The molecule has 1 fully saturated rings. The second kappa shape index (κ2) is 12.0. The van der Waals surface area contributed by atoms with Gasteiger partial charge in [0.05, 0.1) is 0 Å². The van der Waals surface area contributed by atoms with E-state index in [1.54, 1.807) is 36.7 Å². The number of rotatable bonds is 8. The maximum Gasteiger partial charge on any atom is 0.252 e. The summed E-state index contributed by atoms with van der Waals surface area (Å²) in [6.07, 6.45) is 8.35. The van der Waals surface area contributed by atoms with E-state index in [0.29, 0.717) is 33.8 Å². The molecule has 6 nitrogen and oxygen atoms in total. The molecule has 4 rings (SSSR count). The molecule has 1 N–H and O–H groups in total. The van der Waals surface area contributed by atoms with Gasteiger partial charge < -0.3 is 15.0 Å². The van der Waals surface area contributed by atoms with E-state index in [0.717, 1.165) is 24.5 Å². The smallest absolute Gasteiger partial charge is 0.252 e. The van der Waals surface area contributed by atoms with Crippen LogP contribution in [0.3, 0.4) is 0 Å². The number of amides is 1. The number of nitrogens with zero attached hydrogens (tertiary/aromatic N) is 3. The SMILES string of the molecule is O=C(NCCN1CCCCCC1)c1ccc(Oc2nccnc2Sc2ccc(Cl)cc2)cc1. The molecule has 0 unspecified atom stereocenters. The average Bonchev–Trinajstić information content (AvgIpc) is 3.11. The van der Waals surface area contributed by atoms with Gasteiger partial charge in [-0.1, -0.05) is 36.2 Å². The van der Waals surface area contributed by atoms with Gasteiger partial charge in [-0.2, -0.15) is 0 Å². The summed E-state index contributed by atoms with van der Waals surface area (Å²) in [7, 11) is 0. The Morgan fingerprint density at radius 1 is 0.970 bits per heavy atom. The van der Waals surface area contributed by atoms with Crippen LogP contribution in [-0.4, -0.2) is 47.0 Å². The first kappa shape index (κ1) is 23.5. The van der Waals surface area contributed by atoms with Crippen LogP contribution in [0, 0.1) is 0 Å². The molecule has 0 atom stereocenters. The highest BCUT2D eigenvalue weighted by Crippen LogP contribution is 2.34. The van der Waals surface area contributed by atoms with E-state index >= 15 is 0 Å². The van der Waals surface area contributed by atoms with Crippen LogP contribution in [-0.2, 0) is 0 Å². The predicted molar refractivity (Wildman–Crippen MR) is 131 cm³/mol. The lowest BCUT2D eigenvalue weighted by Gasteiger charge is -2.19. The molecule has 1 aromatic heterocycles. The van der Waals surface area contributed by atoms with Crippen molar-refractivity contribution >= 4 is 29.3 Å². The van der Waals surface area contributed by atoms with Crippen molar-refractivity contribution in [1.82, 2.24) is 20.2 Å². The normalized spacial score (nSPS) is 14.5. The Balaban J connectivity index is 1.32. The van der Waals surface area contributed by atoms with Crippen molar-refractivity contribution in [1.29, 1.82) is 0 Å². The highest BCUT2D eigenvalue weighted by Gasteiger charge is 2.12. The average molecular weight is 483 g/mol. The number of carbonyl (C=O) groups excluding carboxylic acids is 1. The van der Waals surface area contributed by atoms with E-state index in [2.05, 4.69) is 20.2 Å². The van der Waals surface area contributed by atoms with Gasteiger partial charge in [0, 0.05) is 41.0 Å². The first-order valence-corrected chi connectivity index (χ1v) is 12.4. The van der Waals surface area contributed by atoms with Crippen LogP contribution < -0.4 is 10.1 Å². The van der Waals surface area contributed by atoms with Crippen molar-refractivity contribution in [3.8, 4) is 11.6 Å². The summed E-state index contributed by atoms with van der Waals surface area (Å²) < 4.78 is 5.95. The molecule has 1 aliphatic heterocycles. The predicted octanol–water partition coefficient (Wildman–Crippen LogP) is 5.68. The maximum absolute atomic E-state index is 12.5. The van der Waals surface area contributed by atoms with Crippen LogP contribution in [0.5, 0.6) is 11.6 Å². The fourth-order valence-corrected chi connectivity index (χ4v) is 4.56. The van der Waals surface area contributed by atoms with Gasteiger partial charge in [-0.15, -0.1) is 0 Å². The fourth-order valence-electron chi connectivity index (χ4n) is 3.64. The Labute approximate surface area is 203 Å². The van der Waals surface area contributed by atoms with Crippen LogP contribution in [0.15, 0.2) is 70.8 Å². The Morgan fingerprint density at radius 3 is 2.39 bits per heavy atom. The topological polar surface area (TPSA) is 67.4 Å². The lowest BCUT2D eigenvalue weighted by atomic mass is 10.2. The Kier molecular flexibility index (Phi) is 8.58. The van der Waals surface area contributed by atoms with Gasteiger partial charge in [0.1, 0.15) is 5.75 Å². The number of hydrogen-bond donors (Lipinski definition) is 1. The highest BCUT2D eigenvalue weighted by molar-refractivity contribution is 7.99. The lowest BCUT2D eigenvalue weighted by molar-refractivity contribution is 0.0948. The number of likely N-dealkylation sites (tertiary alicyclic amines) is 1. The highest BCUT2D eigenvalue weighted by atomic mass is 35.5. The Morgan fingerprint density at radius 2 is 1.67 bits per heavy atom. The van der Waals surface area contributed by atoms with Gasteiger partial charge in [-0.25, -0.2) is 9.97 Å². The Bertz CT molecular complexity index is 1040. The standard InChI is InChI=1S/C25H27ClN4O2S/c26-20-7-11-22(12-8-20)33-25-24(28-13-14-29-25)32-21-9-5-19(6-10-21)23(31)27-15-18-30-16-3-1-2-4-17-30/h5-14H,1-4,15-18H2,(H,27,31). The first-order valence-electron chi connectivity index (χ1n) is 11.2. The minimum Gasteiger partial charge on any atom is -0.437 e. The van der Waals surface area contributed by atoms with Crippen molar-refractivity contribution in [2.24, 2.45) is 0 Å². The van der Waals surface area contributed by atoms with Gasteiger partial charge in [-0.3, -0.25) is 4.79 Å². The number of ether oxygens (including phenoxy) is 1. The molecule has 1 saturated heterocycles.